The van der Waals surface area contributed by atoms with Gasteiger partial charge in [0, 0.05) is 12.1 Å². The molecule has 0 aromatic heterocycles. The molecule has 2 amide bonds. The molecule has 0 bridgehead atoms. The van der Waals surface area contributed by atoms with Gasteiger partial charge in [-0.1, -0.05) is 56.3 Å². The van der Waals surface area contributed by atoms with Crippen LogP contribution in [0.1, 0.15) is 36.7 Å². The Morgan fingerprint density at radius 1 is 0.903 bits per heavy atom. The second kappa shape index (κ2) is 10.6. The van der Waals surface area contributed by atoms with Gasteiger partial charge in [0.05, 0.1) is 0 Å². The van der Waals surface area contributed by atoms with Crippen molar-refractivity contribution in [3.63, 3.8) is 0 Å². The summed E-state index contributed by atoms with van der Waals surface area (Å²) < 4.78 is 5.73. The van der Waals surface area contributed by atoms with E-state index >= 15 is 0 Å². The van der Waals surface area contributed by atoms with Crippen molar-refractivity contribution in [3.8, 4) is 5.75 Å². The summed E-state index contributed by atoms with van der Waals surface area (Å²) in [5.74, 6) is -0.211. The zero-order valence-electron chi connectivity index (χ0n) is 18.2. The first kappa shape index (κ1) is 22.3. The molecule has 0 spiro atoms. The normalized spacial score (nSPS) is 11.9. The van der Waals surface area contributed by atoms with Gasteiger partial charge in [0.1, 0.15) is 5.75 Å². The highest BCUT2D eigenvalue weighted by Crippen LogP contribution is 2.21. The van der Waals surface area contributed by atoms with Crippen LogP contribution in [0, 0.1) is 0 Å². The predicted octanol–water partition coefficient (Wildman–Crippen LogP) is 3.91. The molecule has 1 atom stereocenters. The van der Waals surface area contributed by atoms with Crippen LogP contribution in [0.5, 0.6) is 5.75 Å². The summed E-state index contributed by atoms with van der Waals surface area (Å²) >= 11 is 0. The van der Waals surface area contributed by atoms with E-state index in [4.69, 9.17) is 4.74 Å². The van der Waals surface area contributed by atoms with Gasteiger partial charge in [0.15, 0.2) is 6.10 Å². The molecule has 0 saturated carbocycles. The van der Waals surface area contributed by atoms with Crippen LogP contribution < -0.4 is 15.6 Å². The maximum atomic E-state index is 12.3. The molecule has 0 saturated heterocycles. The molecule has 0 aliphatic carbocycles. The molecule has 0 heterocycles. The van der Waals surface area contributed by atoms with Crippen LogP contribution in [-0.2, 0) is 11.3 Å². The van der Waals surface area contributed by atoms with Gasteiger partial charge >= 0.3 is 0 Å². The molecule has 0 aliphatic heterocycles. The maximum Gasteiger partial charge on any atom is 0.279 e. The third-order valence-corrected chi connectivity index (χ3v) is 5.22. The first-order chi connectivity index (χ1) is 15.0. The number of carbonyl (C=O) groups excluding carboxylic acids is 2. The van der Waals surface area contributed by atoms with Crippen LogP contribution in [0.4, 0.5) is 0 Å². The first-order valence-electron chi connectivity index (χ1n) is 10.6. The van der Waals surface area contributed by atoms with Crippen LogP contribution in [0.25, 0.3) is 10.8 Å². The van der Waals surface area contributed by atoms with Crippen LogP contribution in [0.15, 0.2) is 66.7 Å². The standard InChI is InChI=1S/C25H29N3O3/c1-4-28(5-2)17-19-10-12-21(13-11-19)25(30)27-26-24(29)18(3)31-23-15-14-20-8-6-7-9-22(20)16-23/h6-16,18H,4-5,17H2,1-3H3,(H,26,29)(H,27,30). The number of benzene rings is 3. The second-order valence-electron chi connectivity index (χ2n) is 7.37. The summed E-state index contributed by atoms with van der Waals surface area (Å²) in [5.41, 5.74) is 6.50. The van der Waals surface area contributed by atoms with Crippen molar-refractivity contribution >= 4 is 22.6 Å². The number of ether oxygens (including phenoxy) is 1. The van der Waals surface area contributed by atoms with Crippen molar-refractivity contribution < 1.29 is 14.3 Å². The van der Waals surface area contributed by atoms with Crippen LogP contribution in [0.2, 0.25) is 0 Å². The molecule has 3 rings (SSSR count). The van der Waals surface area contributed by atoms with Crippen molar-refractivity contribution in [2.24, 2.45) is 0 Å². The van der Waals surface area contributed by atoms with Gasteiger partial charge in [0.2, 0.25) is 0 Å². The van der Waals surface area contributed by atoms with Gasteiger partial charge in [-0.3, -0.25) is 25.3 Å². The quantitative estimate of drug-likeness (QED) is 0.543. The highest BCUT2D eigenvalue weighted by molar-refractivity contribution is 5.95. The minimum absolute atomic E-state index is 0.374. The summed E-state index contributed by atoms with van der Waals surface area (Å²) in [4.78, 5) is 27.0. The van der Waals surface area contributed by atoms with Crippen LogP contribution >= 0.6 is 0 Å². The van der Waals surface area contributed by atoms with E-state index in [2.05, 4.69) is 29.6 Å². The van der Waals surface area contributed by atoms with Crippen LogP contribution in [0.3, 0.4) is 0 Å². The molecule has 0 aliphatic rings. The molecular formula is C25H29N3O3. The van der Waals surface area contributed by atoms with E-state index in [0.29, 0.717) is 11.3 Å². The SMILES string of the molecule is CCN(CC)Cc1ccc(C(=O)NNC(=O)C(C)Oc2ccc3ccccc3c2)cc1. The summed E-state index contributed by atoms with van der Waals surface area (Å²) in [7, 11) is 0. The minimum atomic E-state index is -0.766. The van der Waals surface area contributed by atoms with E-state index in [0.717, 1.165) is 36.0 Å². The fourth-order valence-electron chi connectivity index (χ4n) is 3.26. The summed E-state index contributed by atoms with van der Waals surface area (Å²) in [6.07, 6.45) is -0.766. The number of nitrogens with zero attached hydrogens (tertiary/aromatic N) is 1. The largest absolute Gasteiger partial charge is 0.481 e. The lowest BCUT2D eigenvalue weighted by Crippen LogP contribution is -2.47. The first-order valence-corrected chi connectivity index (χ1v) is 10.6. The van der Waals surface area contributed by atoms with Crippen molar-refractivity contribution in [2.75, 3.05) is 13.1 Å². The average Bonchev–Trinajstić information content (AvgIpc) is 2.81. The number of rotatable bonds is 8. The molecule has 0 radical (unpaired) electrons. The van der Waals surface area contributed by atoms with E-state index < -0.39 is 12.0 Å². The Balaban J connectivity index is 1.51. The number of amides is 2. The van der Waals surface area contributed by atoms with Crippen molar-refractivity contribution in [1.29, 1.82) is 0 Å². The maximum absolute atomic E-state index is 12.3. The lowest BCUT2D eigenvalue weighted by atomic mass is 10.1. The molecule has 6 nitrogen and oxygen atoms in total. The molecular weight excluding hydrogens is 390 g/mol. The second-order valence-corrected chi connectivity index (χ2v) is 7.37. The topological polar surface area (TPSA) is 70.7 Å². The monoisotopic (exact) mass is 419 g/mol. The Labute approximate surface area is 183 Å². The Bertz CT molecular complexity index is 1030. The molecule has 2 N–H and O–H groups in total. The predicted molar refractivity (Wildman–Crippen MR) is 123 cm³/mol. The van der Waals surface area contributed by atoms with Crippen LogP contribution in [-0.4, -0.2) is 35.9 Å². The summed E-state index contributed by atoms with van der Waals surface area (Å²) in [5, 5.41) is 2.13. The van der Waals surface area contributed by atoms with E-state index in [1.807, 2.05) is 54.6 Å². The van der Waals surface area contributed by atoms with E-state index in [9.17, 15) is 9.59 Å². The number of hydrogen-bond acceptors (Lipinski definition) is 4. The van der Waals surface area contributed by atoms with Gasteiger partial charge in [-0.15, -0.1) is 0 Å². The molecule has 31 heavy (non-hydrogen) atoms. The zero-order chi connectivity index (χ0) is 22.2. The molecule has 162 valence electrons. The van der Waals surface area contributed by atoms with Crippen molar-refractivity contribution in [2.45, 2.75) is 33.4 Å². The number of carbonyl (C=O) groups is 2. The van der Waals surface area contributed by atoms with E-state index in [-0.39, 0.29) is 5.91 Å². The van der Waals surface area contributed by atoms with Gasteiger partial charge in [-0.2, -0.15) is 0 Å². The molecule has 3 aromatic carbocycles. The number of hydrazine groups is 1. The minimum Gasteiger partial charge on any atom is -0.481 e. The fraction of sp³-hybridized carbons (Fsp3) is 0.280. The lowest BCUT2D eigenvalue weighted by molar-refractivity contribution is -0.128. The third-order valence-electron chi connectivity index (χ3n) is 5.22. The molecule has 3 aromatic rings. The zero-order valence-corrected chi connectivity index (χ0v) is 18.2. The summed E-state index contributed by atoms with van der Waals surface area (Å²) in [6, 6.07) is 21.0. The van der Waals surface area contributed by atoms with Crippen molar-refractivity contribution in [3.05, 3.63) is 77.9 Å². The Kier molecular flexibility index (Phi) is 7.62. The Morgan fingerprint density at radius 2 is 1.58 bits per heavy atom. The van der Waals surface area contributed by atoms with Gasteiger partial charge in [-0.05, 0) is 60.6 Å². The van der Waals surface area contributed by atoms with Crippen molar-refractivity contribution in [1.82, 2.24) is 15.8 Å². The van der Waals surface area contributed by atoms with Gasteiger partial charge in [-0.25, -0.2) is 0 Å². The number of nitrogens with one attached hydrogen (secondary N) is 2. The third kappa shape index (κ3) is 6.06. The Hall–Kier alpha value is -3.38. The fourth-order valence-corrected chi connectivity index (χ4v) is 3.26. The number of hydrogen-bond donors (Lipinski definition) is 2. The lowest BCUT2D eigenvalue weighted by Gasteiger charge is -2.18. The highest BCUT2D eigenvalue weighted by atomic mass is 16.5. The average molecular weight is 420 g/mol. The number of fused-ring (bicyclic) bond motifs is 1. The summed E-state index contributed by atoms with van der Waals surface area (Å²) in [6.45, 7) is 8.68. The van der Waals surface area contributed by atoms with E-state index in [1.54, 1.807) is 19.1 Å². The molecule has 1 unspecified atom stereocenters. The molecule has 0 fully saturated rings. The van der Waals surface area contributed by atoms with E-state index in [1.165, 1.54) is 0 Å². The van der Waals surface area contributed by atoms with Gasteiger partial charge in [0.25, 0.3) is 11.8 Å². The Morgan fingerprint density at radius 3 is 2.26 bits per heavy atom. The smallest absolute Gasteiger partial charge is 0.279 e. The van der Waals surface area contributed by atoms with Gasteiger partial charge < -0.3 is 4.74 Å². The molecule has 6 heteroatoms. The highest BCUT2D eigenvalue weighted by Gasteiger charge is 2.16.